The van der Waals surface area contributed by atoms with E-state index in [-0.39, 0.29) is 37.5 Å². The van der Waals surface area contributed by atoms with Gasteiger partial charge in [-0.3, -0.25) is 14.4 Å². The van der Waals surface area contributed by atoms with Crippen molar-refractivity contribution in [3.63, 3.8) is 0 Å². The van der Waals surface area contributed by atoms with Gasteiger partial charge < -0.3 is 24.4 Å². The Morgan fingerprint density at radius 3 is 2.46 bits per heavy atom. The van der Waals surface area contributed by atoms with Crippen molar-refractivity contribution >= 4 is 23.5 Å². The highest BCUT2D eigenvalue weighted by Crippen LogP contribution is 2.64. The third-order valence-corrected chi connectivity index (χ3v) is 9.35. The van der Waals surface area contributed by atoms with Gasteiger partial charge in [-0.1, -0.05) is 44.2 Å². The van der Waals surface area contributed by atoms with Gasteiger partial charge in [-0.25, -0.2) is 0 Å². The van der Waals surface area contributed by atoms with Crippen LogP contribution in [0.5, 0.6) is 0 Å². The molecule has 2 amide bonds. The molecule has 0 aliphatic carbocycles. The number of amides is 2. The van der Waals surface area contributed by atoms with Crippen molar-refractivity contribution < 1.29 is 29.0 Å². The fourth-order valence-electron chi connectivity index (χ4n) is 7.43. The number of hydrogen-bond acceptors (Lipinski definition) is 6. The monoisotopic (exact) mass is 566 g/mol. The van der Waals surface area contributed by atoms with Gasteiger partial charge in [0, 0.05) is 12.2 Å². The Hall–Kier alpha value is -2.97. The van der Waals surface area contributed by atoms with Crippen LogP contribution >= 0.6 is 0 Å². The number of nitrogens with zero attached hydrogens (tertiary/aromatic N) is 2. The van der Waals surface area contributed by atoms with Gasteiger partial charge in [-0.05, 0) is 69.9 Å². The molecule has 8 heteroatoms. The second-order valence-electron chi connectivity index (χ2n) is 12.4. The van der Waals surface area contributed by atoms with Crippen molar-refractivity contribution in [2.24, 2.45) is 17.8 Å². The topological polar surface area (TPSA) is 96.4 Å². The number of benzene rings is 1. The first kappa shape index (κ1) is 31.0. The molecule has 2 unspecified atom stereocenters. The molecule has 2 bridgehead atoms. The van der Waals surface area contributed by atoms with Crippen LogP contribution in [0.4, 0.5) is 5.69 Å². The Labute approximate surface area is 244 Å². The van der Waals surface area contributed by atoms with Crippen LogP contribution in [0.3, 0.4) is 0 Å². The average Bonchev–Trinajstić information content (AvgIpc) is 3.48. The third kappa shape index (κ3) is 5.14. The number of anilines is 1. The van der Waals surface area contributed by atoms with Crippen LogP contribution < -0.4 is 4.90 Å². The summed E-state index contributed by atoms with van der Waals surface area (Å²) in [6.45, 7) is 17.4. The molecular weight excluding hydrogens is 520 g/mol. The number of fused-ring (bicyclic) bond motifs is 1. The second-order valence-corrected chi connectivity index (χ2v) is 12.4. The van der Waals surface area contributed by atoms with Crippen LogP contribution in [0.1, 0.15) is 64.0 Å². The summed E-state index contributed by atoms with van der Waals surface area (Å²) >= 11 is 0. The maximum Gasteiger partial charge on any atom is 0.312 e. The number of ether oxygens (including phenoxy) is 2. The molecule has 4 rings (SSSR count). The largest absolute Gasteiger partial charge is 0.465 e. The highest BCUT2D eigenvalue weighted by Gasteiger charge is 2.79. The molecule has 0 radical (unpaired) electrons. The predicted octanol–water partition coefficient (Wildman–Crippen LogP) is 4.50. The van der Waals surface area contributed by atoms with E-state index in [1.54, 1.807) is 11.0 Å². The minimum Gasteiger partial charge on any atom is -0.465 e. The molecule has 3 aliphatic rings. The quantitative estimate of drug-likeness (QED) is 0.215. The smallest absolute Gasteiger partial charge is 0.312 e. The minimum absolute atomic E-state index is 0.134. The van der Waals surface area contributed by atoms with Crippen LogP contribution in [-0.2, 0) is 23.9 Å². The Balaban J connectivity index is 1.79. The lowest BCUT2D eigenvalue weighted by Gasteiger charge is -2.41. The summed E-state index contributed by atoms with van der Waals surface area (Å²) in [6, 6.07) is 4.22. The Morgan fingerprint density at radius 1 is 1.20 bits per heavy atom. The molecule has 1 aromatic carbocycles. The summed E-state index contributed by atoms with van der Waals surface area (Å²) in [7, 11) is 0. The van der Waals surface area contributed by atoms with E-state index in [2.05, 4.69) is 13.2 Å². The summed E-state index contributed by atoms with van der Waals surface area (Å²) in [5, 5.41) is 10.5. The summed E-state index contributed by atoms with van der Waals surface area (Å²) < 4.78 is 12.5. The van der Waals surface area contributed by atoms with Crippen molar-refractivity contribution in [3.8, 4) is 0 Å². The number of allylic oxidation sites excluding steroid dienone is 1. The highest BCUT2D eigenvalue weighted by atomic mass is 16.6. The van der Waals surface area contributed by atoms with Crippen LogP contribution in [-0.4, -0.2) is 70.8 Å². The standard InChI is InChI=1S/C33H46N2O6/c1-8-10-11-12-19-40-31(39)26-25-29(37)35(24(20-36)21(3)4)28(33(25)17-16-32(26,7)41-33)30(38)34(18-9-2)27-22(5)14-13-15-23(27)6/h8-9,13-15,21,24-26,28,36H,1-2,10-12,16-20H2,3-7H3/t24-,25-,26+,28?,32-,33?/m0/s1. The number of carbonyl (C=O) groups is 3. The third-order valence-electron chi connectivity index (χ3n) is 9.35. The van der Waals surface area contributed by atoms with Crippen molar-refractivity contribution in [1.82, 2.24) is 4.90 Å². The number of carbonyl (C=O) groups excluding carboxylic acids is 3. The Kier molecular flexibility index (Phi) is 9.14. The number of aliphatic hydroxyl groups is 1. The lowest BCUT2D eigenvalue weighted by atomic mass is 9.66. The van der Waals surface area contributed by atoms with E-state index in [1.165, 1.54) is 4.90 Å². The zero-order chi connectivity index (χ0) is 30.1. The molecule has 1 aromatic rings. The van der Waals surface area contributed by atoms with Crippen LogP contribution in [0.2, 0.25) is 0 Å². The maximum atomic E-state index is 14.8. The molecule has 3 fully saturated rings. The first-order valence-electron chi connectivity index (χ1n) is 14.9. The van der Waals surface area contributed by atoms with Crippen molar-refractivity contribution in [2.45, 2.75) is 90.0 Å². The fourth-order valence-corrected chi connectivity index (χ4v) is 7.43. The van der Waals surface area contributed by atoms with Crippen LogP contribution in [0, 0.1) is 31.6 Å². The molecule has 1 spiro atoms. The van der Waals surface area contributed by atoms with Gasteiger partial charge in [0.1, 0.15) is 17.6 Å². The molecule has 8 nitrogen and oxygen atoms in total. The van der Waals surface area contributed by atoms with E-state index < -0.39 is 41.1 Å². The number of hydrogen-bond donors (Lipinski definition) is 1. The van der Waals surface area contributed by atoms with Gasteiger partial charge in [0.05, 0.1) is 30.8 Å². The van der Waals surface area contributed by atoms with E-state index in [0.29, 0.717) is 19.3 Å². The van der Waals surface area contributed by atoms with E-state index in [0.717, 1.165) is 29.7 Å². The van der Waals surface area contributed by atoms with Crippen molar-refractivity contribution in [2.75, 3.05) is 24.7 Å². The number of aryl methyl sites for hydroxylation is 2. The lowest BCUT2D eigenvalue weighted by Crippen LogP contribution is -2.60. The van der Waals surface area contributed by atoms with Gasteiger partial charge >= 0.3 is 5.97 Å². The van der Waals surface area contributed by atoms with Crippen molar-refractivity contribution in [3.05, 3.63) is 54.6 Å². The average molecular weight is 567 g/mol. The van der Waals surface area contributed by atoms with E-state index in [9.17, 15) is 19.5 Å². The zero-order valence-corrected chi connectivity index (χ0v) is 25.2. The van der Waals surface area contributed by atoms with Crippen LogP contribution in [0.15, 0.2) is 43.5 Å². The summed E-state index contributed by atoms with van der Waals surface area (Å²) in [5.74, 6) is -2.91. The van der Waals surface area contributed by atoms with Crippen molar-refractivity contribution in [1.29, 1.82) is 0 Å². The van der Waals surface area contributed by atoms with Gasteiger partial charge in [0.2, 0.25) is 5.91 Å². The first-order valence-corrected chi connectivity index (χ1v) is 14.9. The molecule has 1 N–H and O–H groups in total. The van der Waals surface area contributed by atoms with Gasteiger partial charge in [0.25, 0.3) is 5.91 Å². The van der Waals surface area contributed by atoms with E-state index in [4.69, 9.17) is 9.47 Å². The second kappa shape index (κ2) is 12.1. The van der Waals surface area contributed by atoms with Gasteiger partial charge in [-0.2, -0.15) is 0 Å². The Morgan fingerprint density at radius 2 is 1.88 bits per heavy atom. The number of rotatable bonds is 13. The van der Waals surface area contributed by atoms with Gasteiger partial charge in [0.15, 0.2) is 0 Å². The molecule has 3 aliphatic heterocycles. The highest BCUT2D eigenvalue weighted by molar-refractivity contribution is 6.05. The number of esters is 1. The summed E-state index contributed by atoms with van der Waals surface area (Å²) in [6.07, 6.45) is 6.89. The Bertz CT molecular complexity index is 1180. The zero-order valence-electron chi connectivity index (χ0n) is 25.2. The van der Waals surface area contributed by atoms with E-state index in [1.807, 2.05) is 58.9 Å². The number of para-hydroxylation sites is 1. The SMILES string of the molecule is C=CCCCCOC(=O)[C@H]1[C@H]2C(=O)N([C@@H](CO)C(C)C)C(C(=O)N(CC=C)c3c(C)cccc3C)C23CC[C@]1(C)O3. The predicted molar refractivity (Wildman–Crippen MR) is 158 cm³/mol. The van der Waals surface area contributed by atoms with Gasteiger partial charge in [-0.15, -0.1) is 13.2 Å². The summed E-state index contributed by atoms with van der Waals surface area (Å²) in [4.78, 5) is 46.1. The molecule has 3 heterocycles. The number of likely N-dealkylation sites (tertiary alicyclic amines) is 1. The first-order chi connectivity index (χ1) is 19.5. The minimum atomic E-state index is -1.20. The van der Waals surface area contributed by atoms with Crippen LogP contribution in [0.25, 0.3) is 0 Å². The number of unbranched alkanes of at least 4 members (excludes halogenated alkanes) is 2. The number of aliphatic hydroxyl groups excluding tert-OH is 1. The van der Waals surface area contributed by atoms with E-state index >= 15 is 0 Å². The molecule has 6 atom stereocenters. The molecule has 0 aromatic heterocycles. The summed E-state index contributed by atoms with van der Waals surface area (Å²) in [5.41, 5.74) is 0.498. The maximum absolute atomic E-state index is 14.8. The molecule has 41 heavy (non-hydrogen) atoms. The molecule has 3 saturated heterocycles. The lowest BCUT2D eigenvalue weighted by molar-refractivity contribution is -0.161. The fraction of sp³-hybridized carbons (Fsp3) is 0.606. The molecular formula is C33H46N2O6. The normalized spacial score (nSPS) is 29.0. The molecule has 224 valence electrons. The molecule has 0 saturated carbocycles.